The number of fused-ring (bicyclic) bond motifs is 2. The van der Waals surface area contributed by atoms with Crippen LogP contribution in [0.5, 0.6) is 17.2 Å². The zero-order chi connectivity index (χ0) is 21.6. The Morgan fingerprint density at radius 2 is 2.03 bits per heavy atom. The molecule has 0 radical (unpaired) electrons. The van der Waals surface area contributed by atoms with Crippen LogP contribution in [0.2, 0.25) is 0 Å². The first-order chi connectivity index (χ1) is 15.1. The fraction of sp³-hybridized carbons (Fsp3) is 0.350. The second-order valence-corrected chi connectivity index (χ2v) is 6.69. The van der Waals surface area contributed by atoms with Crippen LogP contribution in [-0.2, 0) is 13.0 Å². The standard InChI is InChI=1S/C20H22F2N6O3.HI/c1-23-20(24-7-4-6-18-27-26-17-5-2-3-8-28(17)18)25-11-13-9-15-16(30-12-29-15)10-14(13)31-19(21)22;/h2-3,5,8-10,19H,4,6-7,11-12H2,1H3,(H2,23,24,25);1H. The van der Waals surface area contributed by atoms with E-state index < -0.39 is 6.61 Å². The molecule has 4 rings (SSSR count). The molecule has 1 aliphatic heterocycles. The number of aryl methyl sites for hydroxylation is 1. The molecule has 0 saturated heterocycles. The minimum absolute atomic E-state index is 0. The number of halogens is 3. The van der Waals surface area contributed by atoms with Crippen LogP contribution in [0.4, 0.5) is 8.78 Å². The van der Waals surface area contributed by atoms with E-state index in [4.69, 9.17) is 9.47 Å². The molecule has 0 bridgehead atoms. The molecule has 12 heteroatoms. The third kappa shape index (κ3) is 5.66. The van der Waals surface area contributed by atoms with Crippen molar-refractivity contribution < 1.29 is 23.0 Å². The third-order valence-corrected chi connectivity index (χ3v) is 4.70. The zero-order valence-corrected chi connectivity index (χ0v) is 19.6. The van der Waals surface area contributed by atoms with E-state index in [1.807, 2.05) is 28.8 Å². The summed E-state index contributed by atoms with van der Waals surface area (Å²) in [6.07, 6.45) is 3.48. The molecular formula is C20H23F2IN6O3. The van der Waals surface area contributed by atoms with Gasteiger partial charge in [0.05, 0.1) is 0 Å². The van der Waals surface area contributed by atoms with Gasteiger partial charge in [-0.25, -0.2) is 0 Å². The summed E-state index contributed by atoms with van der Waals surface area (Å²) >= 11 is 0. The van der Waals surface area contributed by atoms with Gasteiger partial charge >= 0.3 is 6.61 Å². The number of ether oxygens (including phenoxy) is 3. The van der Waals surface area contributed by atoms with Gasteiger partial charge in [-0.15, -0.1) is 34.2 Å². The monoisotopic (exact) mass is 560 g/mol. The molecule has 0 amide bonds. The summed E-state index contributed by atoms with van der Waals surface area (Å²) in [7, 11) is 1.64. The van der Waals surface area contributed by atoms with Crippen molar-refractivity contribution in [2.24, 2.45) is 4.99 Å². The van der Waals surface area contributed by atoms with Crippen molar-refractivity contribution in [2.75, 3.05) is 20.4 Å². The second-order valence-electron chi connectivity index (χ2n) is 6.69. The van der Waals surface area contributed by atoms with E-state index in [-0.39, 0.29) is 43.1 Å². The average Bonchev–Trinajstić information content (AvgIpc) is 3.39. The van der Waals surface area contributed by atoms with Crippen molar-refractivity contribution in [1.82, 2.24) is 25.2 Å². The van der Waals surface area contributed by atoms with Gasteiger partial charge in [0.2, 0.25) is 6.79 Å². The number of guanidine groups is 1. The van der Waals surface area contributed by atoms with E-state index in [0.29, 0.717) is 29.6 Å². The van der Waals surface area contributed by atoms with E-state index in [0.717, 1.165) is 24.3 Å². The molecule has 3 heterocycles. The minimum Gasteiger partial charge on any atom is -0.454 e. The summed E-state index contributed by atoms with van der Waals surface area (Å²) in [6.45, 7) is -2.04. The van der Waals surface area contributed by atoms with E-state index in [1.165, 1.54) is 6.07 Å². The molecule has 1 aliphatic rings. The Kier molecular flexibility index (Phi) is 8.25. The van der Waals surface area contributed by atoms with Crippen molar-refractivity contribution in [1.29, 1.82) is 0 Å². The lowest BCUT2D eigenvalue weighted by Crippen LogP contribution is -2.37. The van der Waals surface area contributed by atoms with E-state index in [2.05, 4.69) is 30.6 Å². The van der Waals surface area contributed by atoms with Crippen molar-refractivity contribution in [2.45, 2.75) is 26.0 Å². The van der Waals surface area contributed by atoms with Crippen molar-refractivity contribution in [3.63, 3.8) is 0 Å². The first-order valence-corrected chi connectivity index (χ1v) is 9.74. The fourth-order valence-electron chi connectivity index (χ4n) is 3.22. The van der Waals surface area contributed by atoms with Crippen LogP contribution in [0.1, 0.15) is 17.8 Å². The maximum Gasteiger partial charge on any atom is 0.387 e. The molecule has 3 aromatic rings. The van der Waals surface area contributed by atoms with E-state index >= 15 is 0 Å². The van der Waals surface area contributed by atoms with Gasteiger partial charge in [0.15, 0.2) is 23.1 Å². The highest BCUT2D eigenvalue weighted by Gasteiger charge is 2.20. The number of hydrogen-bond acceptors (Lipinski definition) is 6. The minimum atomic E-state index is -2.94. The summed E-state index contributed by atoms with van der Waals surface area (Å²) in [5.41, 5.74) is 1.32. The summed E-state index contributed by atoms with van der Waals surface area (Å²) < 4.78 is 42.7. The van der Waals surface area contributed by atoms with Crippen LogP contribution in [0, 0.1) is 0 Å². The van der Waals surface area contributed by atoms with E-state index in [9.17, 15) is 8.78 Å². The Balaban J connectivity index is 0.00000289. The van der Waals surface area contributed by atoms with Gasteiger partial charge in [-0.1, -0.05) is 6.07 Å². The Bertz CT molecular complexity index is 1080. The molecule has 9 nitrogen and oxygen atoms in total. The van der Waals surface area contributed by atoms with Crippen molar-refractivity contribution in [3.05, 3.63) is 47.9 Å². The number of nitrogens with zero attached hydrogens (tertiary/aromatic N) is 4. The quantitative estimate of drug-likeness (QED) is 0.190. The summed E-state index contributed by atoms with van der Waals surface area (Å²) in [5, 5.41) is 14.6. The van der Waals surface area contributed by atoms with Gasteiger partial charge < -0.3 is 24.8 Å². The van der Waals surface area contributed by atoms with Gasteiger partial charge in [-0.05, 0) is 24.6 Å². The zero-order valence-electron chi connectivity index (χ0n) is 17.3. The number of aliphatic imine (C=N–C) groups is 1. The first-order valence-electron chi connectivity index (χ1n) is 9.74. The number of rotatable bonds is 8. The number of hydrogen-bond donors (Lipinski definition) is 2. The van der Waals surface area contributed by atoms with Crippen LogP contribution in [-0.4, -0.2) is 47.6 Å². The summed E-state index contributed by atoms with van der Waals surface area (Å²) in [4.78, 5) is 4.17. The summed E-state index contributed by atoms with van der Waals surface area (Å²) in [6, 6.07) is 8.79. The topological polar surface area (TPSA) is 94.3 Å². The molecule has 0 unspecified atom stereocenters. The molecule has 0 fully saturated rings. The molecule has 32 heavy (non-hydrogen) atoms. The highest BCUT2D eigenvalue weighted by atomic mass is 127. The molecule has 0 atom stereocenters. The van der Waals surface area contributed by atoms with Crippen molar-refractivity contribution in [3.8, 4) is 17.2 Å². The lowest BCUT2D eigenvalue weighted by Gasteiger charge is -2.15. The fourth-order valence-corrected chi connectivity index (χ4v) is 3.22. The SMILES string of the molecule is CN=C(NCCCc1nnc2ccccn12)NCc1cc2c(cc1OC(F)F)OCO2.I. The van der Waals surface area contributed by atoms with Gasteiger partial charge in [0.1, 0.15) is 11.6 Å². The number of pyridine rings is 1. The number of benzene rings is 1. The number of aromatic nitrogens is 3. The lowest BCUT2D eigenvalue weighted by atomic mass is 10.1. The highest BCUT2D eigenvalue weighted by molar-refractivity contribution is 14.0. The van der Waals surface area contributed by atoms with Crippen LogP contribution < -0.4 is 24.8 Å². The van der Waals surface area contributed by atoms with Gasteiger partial charge in [0.25, 0.3) is 0 Å². The maximum atomic E-state index is 12.8. The Morgan fingerprint density at radius 1 is 1.22 bits per heavy atom. The number of alkyl halides is 2. The van der Waals surface area contributed by atoms with E-state index in [1.54, 1.807) is 13.1 Å². The molecule has 0 spiro atoms. The van der Waals surface area contributed by atoms with Gasteiger partial charge in [0, 0.05) is 44.4 Å². The highest BCUT2D eigenvalue weighted by Crippen LogP contribution is 2.38. The van der Waals surface area contributed by atoms with Gasteiger partial charge in [-0.3, -0.25) is 9.39 Å². The predicted octanol–water partition coefficient (Wildman–Crippen LogP) is 2.98. The van der Waals surface area contributed by atoms with Crippen molar-refractivity contribution >= 4 is 35.6 Å². The Labute approximate surface area is 200 Å². The normalized spacial score (nSPS) is 12.7. The maximum absolute atomic E-state index is 12.8. The predicted molar refractivity (Wildman–Crippen MR) is 124 cm³/mol. The molecule has 2 N–H and O–H groups in total. The Hall–Kier alpha value is -2.90. The second kappa shape index (κ2) is 11.1. The number of nitrogens with one attached hydrogen (secondary N) is 2. The van der Waals surface area contributed by atoms with Crippen LogP contribution in [0.25, 0.3) is 5.65 Å². The molecule has 172 valence electrons. The van der Waals surface area contributed by atoms with Crippen LogP contribution >= 0.6 is 24.0 Å². The smallest absolute Gasteiger partial charge is 0.387 e. The molecule has 2 aromatic heterocycles. The summed E-state index contributed by atoms with van der Waals surface area (Å²) in [5.74, 6) is 2.31. The van der Waals surface area contributed by atoms with Gasteiger partial charge in [-0.2, -0.15) is 8.78 Å². The average molecular weight is 560 g/mol. The molecule has 1 aromatic carbocycles. The lowest BCUT2D eigenvalue weighted by molar-refractivity contribution is -0.0505. The largest absolute Gasteiger partial charge is 0.454 e. The van der Waals surface area contributed by atoms with Crippen LogP contribution in [0.3, 0.4) is 0 Å². The molecule has 0 aliphatic carbocycles. The first kappa shape index (κ1) is 23.8. The third-order valence-electron chi connectivity index (χ3n) is 4.70. The molecular weight excluding hydrogens is 537 g/mol. The van der Waals surface area contributed by atoms with Crippen LogP contribution in [0.15, 0.2) is 41.5 Å². The molecule has 0 saturated carbocycles. The Morgan fingerprint density at radius 3 is 2.81 bits per heavy atom.